The Bertz CT molecular complexity index is 859. The van der Waals surface area contributed by atoms with Crippen LogP contribution < -0.4 is 5.32 Å². The minimum atomic E-state index is -0.599. The molecule has 0 fully saturated rings. The summed E-state index contributed by atoms with van der Waals surface area (Å²) >= 11 is 5.69. The second-order valence-corrected chi connectivity index (χ2v) is 5.27. The van der Waals surface area contributed by atoms with Crippen LogP contribution in [0.4, 0.5) is 10.1 Å². The lowest BCUT2D eigenvalue weighted by Gasteiger charge is -2.09. The van der Waals surface area contributed by atoms with Gasteiger partial charge in [0.2, 0.25) is 5.89 Å². The summed E-state index contributed by atoms with van der Waals surface area (Å²) in [7, 11) is 0. The Hall–Kier alpha value is -2.67. The van der Waals surface area contributed by atoms with Crippen molar-refractivity contribution in [2.45, 2.75) is 13.5 Å². The quantitative estimate of drug-likeness (QED) is 0.794. The molecule has 1 aromatic carbocycles. The van der Waals surface area contributed by atoms with E-state index in [1.165, 1.54) is 12.1 Å². The highest BCUT2D eigenvalue weighted by Gasteiger charge is 2.15. The van der Waals surface area contributed by atoms with Gasteiger partial charge in [-0.05, 0) is 30.3 Å². The van der Waals surface area contributed by atoms with Crippen LogP contribution in [0.3, 0.4) is 0 Å². The first-order valence-corrected chi connectivity index (χ1v) is 7.11. The first-order chi connectivity index (χ1) is 11.0. The van der Waals surface area contributed by atoms with Gasteiger partial charge >= 0.3 is 0 Å². The molecular weight excluding hydrogens is 323 g/mol. The fourth-order valence-corrected chi connectivity index (χ4v) is 2.25. The average molecular weight is 335 g/mol. The Morgan fingerprint density at radius 1 is 1.43 bits per heavy atom. The minimum absolute atomic E-state index is 0.0579. The lowest BCUT2D eigenvalue weighted by molar-refractivity contribution is 0.101. The molecule has 0 unspecified atom stereocenters. The van der Waals surface area contributed by atoms with Gasteiger partial charge in [-0.25, -0.2) is 4.39 Å². The molecule has 1 amide bonds. The molecule has 0 aliphatic heterocycles. The van der Waals surface area contributed by atoms with Crippen LogP contribution in [0.15, 0.2) is 41.1 Å². The molecule has 0 aliphatic rings. The van der Waals surface area contributed by atoms with Crippen molar-refractivity contribution in [1.29, 1.82) is 0 Å². The van der Waals surface area contributed by atoms with Crippen LogP contribution in [0.2, 0.25) is 5.02 Å². The van der Waals surface area contributed by atoms with Crippen LogP contribution >= 0.6 is 11.6 Å². The molecule has 6 nitrogen and oxygen atoms in total. The van der Waals surface area contributed by atoms with Crippen LogP contribution in [0.5, 0.6) is 0 Å². The number of hydrogen-bond acceptors (Lipinski definition) is 4. The second-order valence-electron chi connectivity index (χ2n) is 4.83. The molecule has 23 heavy (non-hydrogen) atoms. The van der Waals surface area contributed by atoms with Gasteiger partial charge in [0.05, 0.1) is 12.2 Å². The van der Waals surface area contributed by atoms with Crippen LogP contribution in [-0.2, 0) is 6.54 Å². The Morgan fingerprint density at radius 2 is 2.26 bits per heavy atom. The molecule has 3 aromatic rings. The SMILES string of the molecule is Cc1nc(Cn2cccc2C(=O)Nc2ccc(Cl)cc2F)no1. The number of nitrogens with zero attached hydrogens (tertiary/aromatic N) is 3. The van der Waals surface area contributed by atoms with Crippen molar-refractivity contribution in [2.24, 2.45) is 0 Å². The van der Waals surface area contributed by atoms with E-state index in [1.54, 1.807) is 29.8 Å². The summed E-state index contributed by atoms with van der Waals surface area (Å²) in [6.45, 7) is 1.96. The van der Waals surface area contributed by atoms with Crippen LogP contribution in [0, 0.1) is 12.7 Å². The molecule has 0 spiro atoms. The van der Waals surface area contributed by atoms with Crippen molar-refractivity contribution in [3.63, 3.8) is 0 Å². The van der Waals surface area contributed by atoms with E-state index in [-0.39, 0.29) is 17.3 Å². The van der Waals surface area contributed by atoms with Crippen LogP contribution in [0.25, 0.3) is 0 Å². The number of nitrogens with one attached hydrogen (secondary N) is 1. The predicted molar refractivity (Wildman–Crippen MR) is 81.9 cm³/mol. The Balaban J connectivity index is 1.79. The van der Waals surface area contributed by atoms with Crippen molar-refractivity contribution in [3.05, 3.63) is 64.8 Å². The first-order valence-electron chi connectivity index (χ1n) is 6.73. The summed E-state index contributed by atoms with van der Waals surface area (Å²) in [4.78, 5) is 16.4. The molecular formula is C15H12ClFN4O2. The normalized spacial score (nSPS) is 10.7. The number of carbonyl (C=O) groups is 1. The second kappa shape index (κ2) is 6.21. The molecule has 118 valence electrons. The third kappa shape index (κ3) is 3.40. The monoisotopic (exact) mass is 334 g/mol. The van der Waals surface area contributed by atoms with Gasteiger partial charge in [-0.3, -0.25) is 4.79 Å². The van der Waals surface area contributed by atoms with Crippen molar-refractivity contribution < 1.29 is 13.7 Å². The largest absolute Gasteiger partial charge is 0.340 e. The molecule has 0 bridgehead atoms. The summed E-state index contributed by atoms with van der Waals surface area (Å²) in [6, 6.07) is 7.38. The predicted octanol–water partition coefficient (Wildman–Crippen LogP) is 3.27. The van der Waals surface area contributed by atoms with Crippen molar-refractivity contribution in [2.75, 3.05) is 5.32 Å². The number of hydrogen-bond donors (Lipinski definition) is 1. The van der Waals surface area contributed by atoms with Crippen molar-refractivity contribution in [1.82, 2.24) is 14.7 Å². The van der Waals surface area contributed by atoms with Gasteiger partial charge in [0.1, 0.15) is 11.5 Å². The fourth-order valence-electron chi connectivity index (χ4n) is 2.09. The van der Waals surface area contributed by atoms with Gasteiger partial charge in [-0.2, -0.15) is 4.98 Å². The number of rotatable bonds is 4. The number of halogens is 2. The van der Waals surface area contributed by atoms with E-state index < -0.39 is 11.7 Å². The van der Waals surface area contributed by atoms with Gasteiger partial charge in [-0.15, -0.1) is 0 Å². The molecule has 3 rings (SSSR count). The van der Waals surface area contributed by atoms with E-state index in [0.717, 1.165) is 6.07 Å². The van der Waals surface area contributed by atoms with E-state index in [1.807, 2.05) is 0 Å². The summed E-state index contributed by atoms with van der Waals surface area (Å²) in [5, 5.41) is 6.56. The lowest BCUT2D eigenvalue weighted by atomic mass is 10.3. The van der Waals surface area contributed by atoms with E-state index in [9.17, 15) is 9.18 Å². The molecule has 0 saturated heterocycles. The molecule has 1 N–H and O–H groups in total. The molecule has 8 heteroatoms. The molecule has 0 aliphatic carbocycles. The molecule has 0 saturated carbocycles. The Kier molecular flexibility index (Phi) is 4.12. The standard InChI is InChI=1S/C15H12ClFN4O2/c1-9-18-14(20-23-9)8-21-6-2-3-13(21)15(22)19-12-5-4-10(16)7-11(12)17/h2-7H,8H2,1H3,(H,19,22). The molecule has 2 aromatic heterocycles. The smallest absolute Gasteiger partial charge is 0.272 e. The summed E-state index contributed by atoms with van der Waals surface area (Å²) in [5.74, 6) is -0.152. The number of anilines is 1. The maximum absolute atomic E-state index is 13.8. The van der Waals surface area contributed by atoms with Crippen LogP contribution in [0.1, 0.15) is 22.2 Å². The Morgan fingerprint density at radius 3 is 2.96 bits per heavy atom. The maximum Gasteiger partial charge on any atom is 0.272 e. The summed E-state index contributed by atoms with van der Waals surface area (Å²) in [5.41, 5.74) is 0.407. The highest BCUT2D eigenvalue weighted by atomic mass is 35.5. The van der Waals surface area contributed by atoms with Gasteiger partial charge in [-0.1, -0.05) is 16.8 Å². The number of aryl methyl sites for hydroxylation is 1. The Labute approximate surface area is 135 Å². The first kappa shape index (κ1) is 15.2. The van der Waals surface area contributed by atoms with E-state index in [2.05, 4.69) is 15.5 Å². The van der Waals surface area contributed by atoms with Gasteiger partial charge in [0, 0.05) is 18.1 Å². The molecule has 0 radical (unpaired) electrons. The van der Waals surface area contributed by atoms with Crippen molar-refractivity contribution in [3.8, 4) is 0 Å². The van der Waals surface area contributed by atoms with E-state index >= 15 is 0 Å². The highest BCUT2D eigenvalue weighted by molar-refractivity contribution is 6.30. The zero-order valence-corrected chi connectivity index (χ0v) is 12.8. The van der Waals surface area contributed by atoms with E-state index in [4.69, 9.17) is 16.1 Å². The lowest BCUT2D eigenvalue weighted by Crippen LogP contribution is -2.18. The molecule has 2 heterocycles. The minimum Gasteiger partial charge on any atom is -0.340 e. The van der Waals surface area contributed by atoms with Gasteiger partial charge < -0.3 is 14.4 Å². The van der Waals surface area contributed by atoms with E-state index in [0.29, 0.717) is 17.4 Å². The number of carbonyl (C=O) groups excluding carboxylic acids is 1. The average Bonchev–Trinajstić information content (AvgIpc) is 3.11. The number of aromatic nitrogens is 3. The fraction of sp³-hybridized carbons (Fsp3) is 0.133. The summed E-state index contributed by atoms with van der Waals surface area (Å²) in [6.07, 6.45) is 1.71. The topological polar surface area (TPSA) is 73.0 Å². The van der Waals surface area contributed by atoms with Gasteiger partial charge in [0.25, 0.3) is 5.91 Å². The van der Waals surface area contributed by atoms with Crippen LogP contribution in [-0.4, -0.2) is 20.6 Å². The van der Waals surface area contributed by atoms with Crippen molar-refractivity contribution >= 4 is 23.2 Å². The molecule has 0 atom stereocenters. The van der Waals surface area contributed by atoms with Gasteiger partial charge in [0.15, 0.2) is 5.82 Å². The zero-order valence-electron chi connectivity index (χ0n) is 12.1. The zero-order chi connectivity index (χ0) is 16.4. The summed E-state index contributed by atoms with van der Waals surface area (Å²) < 4.78 is 20.3. The highest BCUT2D eigenvalue weighted by Crippen LogP contribution is 2.19. The number of benzene rings is 1. The maximum atomic E-state index is 13.8. The third-order valence-electron chi connectivity index (χ3n) is 3.12. The third-order valence-corrected chi connectivity index (χ3v) is 3.36. The number of amides is 1.